The van der Waals surface area contributed by atoms with Gasteiger partial charge in [0.05, 0.1) is 17.7 Å². The number of anilines is 2. The summed E-state index contributed by atoms with van der Waals surface area (Å²) in [6.07, 6.45) is 3.02. The molecule has 1 aromatic carbocycles. The SMILES string of the molecule is CCN(c1cnnc(NCCc2ccc(Cl)cc2)n1)C1CCS(=O)(=O)C1. The number of hydrogen-bond acceptors (Lipinski definition) is 7. The van der Waals surface area contributed by atoms with Gasteiger partial charge in [-0.05, 0) is 37.5 Å². The molecule has 2 aromatic rings. The third-order valence-electron chi connectivity index (χ3n) is 4.44. The monoisotopic (exact) mass is 395 g/mol. The van der Waals surface area contributed by atoms with Gasteiger partial charge >= 0.3 is 0 Å². The van der Waals surface area contributed by atoms with Crippen molar-refractivity contribution in [3.05, 3.63) is 41.0 Å². The fourth-order valence-corrected chi connectivity index (χ4v) is 4.96. The summed E-state index contributed by atoms with van der Waals surface area (Å²) in [6.45, 7) is 3.32. The second-order valence-electron chi connectivity index (χ2n) is 6.28. The van der Waals surface area contributed by atoms with Crippen molar-refractivity contribution in [2.24, 2.45) is 0 Å². The van der Waals surface area contributed by atoms with Gasteiger partial charge < -0.3 is 10.2 Å². The Morgan fingerprint density at radius 3 is 2.73 bits per heavy atom. The molecule has 9 heteroatoms. The van der Waals surface area contributed by atoms with E-state index in [9.17, 15) is 8.42 Å². The molecule has 0 bridgehead atoms. The third kappa shape index (κ3) is 4.82. The largest absolute Gasteiger partial charge is 0.353 e. The summed E-state index contributed by atoms with van der Waals surface area (Å²) in [5.74, 6) is 1.50. The lowest BCUT2D eigenvalue weighted by atomic mass is 10.1. The van der Waals surface area contributed by atoms with Crippen LogP contribution in [0.3, 0.4) is 0 Å². The average Bonchev–Trinajstić information content (AvgIpc) is 2.97. The Balaban J connectivity index is 1.62. The standard InChI is InChI=1S/C17H22ClN5O2S/c1-2-23(15-8-10-26(24,25)12-15)16-11-20-22-17(21-16)19-9-7-13-3-5-14(18)6-4-13/h3-6,11,15H,2,7-10,12H2,1H3,(H,19,21,22). The Morgan fingerprint density at radius 1 is 1.31 bits per heavy atom. The Morgan fingerprint density at radius 2 is 2.08 bits per heavy atom. The second-order valence-corrected chi connectivity index (χ2v) is 8.95. The summed E-state index contributed by atoms with van der Waals surface area (Å²) in [5.41, 5.74) is 1.16. The predicted octanol–water partition coefficient (Wildman–Crippen LogP) is 2.19. The number of rotatable bonds is 7. The molecule has 0 aliphatic carbocycles. The van der Waals surface area contributed by atoms with E-state index in [0.717, 1.165) is 17.0 Å². The van der Waals surface area contributed by atoms with Crippen LogP contribution < -0.4 is 10.2 Å². The van der Waals surface area contributed by atoms with Crippen molar-refractivity contribution in [1.82, 2.24) is 15.2 Å². The van der Waals surface area contributed by atoms with Gasteiger partial charge in [0, 0.05) is 24.2 Å². The summed E-state index contributed by atoms with van der Waals surface area (Å²) in [7, 11) is -2.95. The second kappa shape index (κ2) is 8.18. The fourth-order valence-electron chi connectivity index (χ4n) is 3.11. The maximum Gasteiger partial charge on any atom is 0.244 e. The smallest absolute Gasteiger partial charge is 0.244 e. The molecule has 1 fully saturated rings. The first-order valence-electron chi connectivity index (χ1n) is 8.62. The molecule has 0 spiro atoms. The highest BCUT2D eigenvalue weighted by atomic mass is 35.5. The van der Waals surface area contributed by atoms with Crippen molar-refractivity contribution < 1.29 is 8.42 Å². The van der Waals surface area contributed by atoms with E-state index in [1.54, 1.807) is 6.20 Å². The van der Waals surface area contributed by atoms with E-state index in [2.05, 4.69) is 20.5 Å². The zero-order chi connectivity index (χ0) is 18.6. The van der Waals surface area contributed by atoms with Crippen LogP contribution in [0.5, 0.6) is 0 Å². The van der Waals surface area contributed by atoms with Gasteiger partial charge in [-0.2, -0.15) is 10.1 Å². The minimum absolute atomic E-state index is 0.0522. The number of hydrogen-bond donors (Lipinski definition) is 1. The molecular formula is C17H22ClN5O2S. The molecule has 1 unspecified atom stereocenters. The quantitative estimate of drug-likeness (QED) is 0.768. The molecular weight excluding hydrogens is 374 g/mol. The van der Waals surface area contributed by atoms with E-state index in [0.29, 0.717) is 31.3 Å². The first-order valence-corrected chi connectivity index (χ1v) is 10.8. The summed E-state index contributed by atoms with van der Waals surface area (Å²) < 4.78 is 23.5. The number of aromatic nitrogens is 3. The number of nitrogens with one attached hydrogen (secondary N) is 1. The van der Waals surface area contributed by atoms with E-state index < -0.39 is 9.84 Å². The summed E-state index contributed by atoms with van der Waals surface area (Å²) in [5, 5.41) is 11.9. The highest BCUT2D eigenvalue weighted by molar-refractivity contribution is 7.91. The Kier molecular flexibility index (Phi) is 5.93. The first kappa shape index (κ1) is 18.8. The van der Waals surface area contributed by atoms with Crippen LogP contribution in [0.4, 0.5) is 11.8 Å². The molecule has 1 atom stereocenters. The van der Waals surface area contributed by atoms with Crippen LogP contribution >= 0.6 is 11.6 Å². The van der Waals surface area contributed by atoms with Crippen molar-refractivity contribution >= 4 is 33.2 Å². The minimum Gasteiger partial charge on any atom is -0.353 e. The van der Waals surface area contributed by atoms with Gasteiger partial charge in [0.1, 0.15) is 0 Å². The van der Waals surface area contributed by atoms with Crippen molar-refractivity contribution in [1.29, 1.82) is 0 Å². The summed E-state index contributed by atoms with van der Waals surface area (Å²) in [4.78, 5) is 6.50. The van der Waals surface area contributed by atoms with E-state index in [-0.39, 0.29) is 17.5 Å². The Labute approximate surface area is 158 Å². The van der Waals surface area contributed by atoms with Crippen LogP contribution in [0.2, 0.25) is 5.02 Å². The van der Waals surface area contributed by atoms with Gasteiger partial charge in [0.25, 0.3) is 0 Å². The van der Waals surface area contributed by atoms with E-state index in [1.807, 2.05) is 36.1 Å². The molecule has 140 valence electrons. The van der Waals surface area contributed by atoms with Crippen molar-refractivity contribution in [2.45, 2.75) is 25.8 Å². The topological polar surface area (TPSA) is 88.1 Å². The van der Waals surface area contributed by atoms with Crippen molar-refractivity contribution in [2.75, 3.05) is 34.8 Å². The lowest BCUT2D eigenvalue weighted by molar-refractivity contribution is 0.599. The minimum atomic E-state index is -2.95. The number of halogens is 1. The lowest BCUT2D eigenvalue weighted by Gasteiger charge is -2.27. The van der Waals surface area contributed by atoms with Crippen LogP contribution in [-0.2, 0) is 16.3 Å². The Bertz CT molecular complexity index is 844. The molecule has 1 aliphatic rings. The normalized spacial score (nSPS) is 18.6. The molecule has 7 nitrogen and oxygen atoms in total. The lowest BCUT2D eigenvalue weighted by Crippen LogP contribution is -2.37. The van der Waals surface area contributed by atoms with Gasteiger partial charge in [-0.3, -0.25) is 0 Å². The molecule has 0 amide bonds. The van der Waals surface area contributed by atoms with Crippen LogP contribution in [0.1, 0.15) is 18.9 Å². The average molecular weight is 396 g/mol. The molecule has 1 aromatic heterocycles. The molecule has 2 heterocycles. The number of benzene rings is 1. The molecule has 1 saturated heterocycles. The van der Waals surface area contributed by atoms with E-state index >= 15 is 0 Å². The van der Waals surface area contributed by atoms with Crippen LogP contribution in [0, 0.1) is 0 Å². The highest BCUT2D eigenvalue weighted by Crippen LogP contribution is 2.22. The predicted molar refractivity (Wildman–Crippen MR) is 104 cm³/mol. The zero-order valence-corrected chi connectivity index (χ0v) is 16.2. The first-order chi connectivity index (χ1) is 12.5. The molecule has 0 radical (unpaired) electrons. The summed E-state index contributed by atoms with van der Waals surface area (Å²) >= 11 is 5.89. The fraction of sp³-hybridized carbons (Fsp3) is 0.471. The Hall–Kier alpha value is -1.93. The zero-order valence-electron chi connectivity index (χ0n) is 14.6. The molecule has 1 N–H and O–H groups in total. The van der Waals surface area contributed by atoms with Crippen LogP contribution in [0.15, 0.2) is 30.5 Å². The van der Waals surface area contributed by atoms with E-state index in [4.69, 9.17) is 11.6 Å². The third-order valence-corrected chi connectivity index (χ3v) is 6.44. The number of nitrogens with zero attached hydrogens (tertiary/aromatic N) is 4. The van der Waals surface area contributed by atoms with Gasteiger partial charge in [-0.1, -0.05) is 23.7 Å². The highest BCUT2D eigenvalue weighted by Gasteiger charge is 2.32. The van der Waals surface area contributed by atoms with Crippen molar-refractivity contribution in [3.8, 4) is 0 Å². The molecule has 1 aliphatic heterocycles. The van der Waals surface area contributed by atoms with Crippen molar-refractivity contribution in [3.63, 3.8) is 0 Å². The van der Waals surface area contributed by atoms with E-state index in [1.165, 1.54) is 0 Å². The van der Waals surface area contributed by atoms with Crippen LogP contribution in [-0.4, -0.2) is 54.2 Å². The van der Waals surface area contributed by atoms with Crippen LogP contribution in [0.25, 0.3) is 0 Å². The summed E-state index contributed by atoms with van der Waals surface area (Å²) in [6, 6.07) is 7.65. The molecule has 3 rings (SSSR count). The maximum absolute atomic E-state index is 11.8. The number of sulfone groups is 1. The molecule has 0 saturated carbocycles. The van der Waals surface area contributed by atoms with Gasteiger partial charge in [0.15, 0.2) is 15.7 Å². The van der Waals surface area contributed by atoms with Gasteiger partial charge in [-0.25, -0.2) is 8.42 Å². The maximum atomic E-state index is 11.8. The van der Waals surface area contributed by atoms with Gasteiger partial charge in [0.2, 0.25) is 5.95 Å². The van der Waals surface area contributed by atoms with Gasteiger partial charge in [-0.15, -0.1) is 5.10 Å². The molecule has 26 heavy (non-hydrogen) atoms.